The Labute approximate surface area is 170 Å². The standard InChI is InChI=1S/C18H17BrClFN2O3S/c19-12-4-7-14(8-5-12)27(25,26)23-10-2-1-3-17(23)18(24)22-16-9-6-13(21)11-15(16)20/h4-9,11,17H,1-3,10H2,(H,22,24)/t17-/m0/s1. The van der Waals surface area contributed by atoms with Crippen LogP contribution in [0.4, 0.5) is 10.1 Å². The Balaban J connectivity index is 1.86. The lowest BCUT2D eigenvalue weighted by atomic mass is 10.0. The molecule has 9 heteroatoms. The van der Waals surface area contributed by atoms with E-state index in [0.717, 1.165) is 17.0 Å². The number of nitrogens with zero attached hydrogens (tertiary/aromatic N) is 1. The molecule has 0 aromatic heterocycles. The number of sulfonamides is 1. The number of hydrogen-bond acceptors (Lipinski definition) is 3. The van der Waals surface area contributed by atoms with Gasteiger partial charge in [0.25, 0.3) is 0 Å². The summed E-state index contributed by atoms with van der Waals surface area (Å²) < 4.78 is 41.2. The molecule has 0 spiro atoms. The Morgan fingerprint density at radius 3 is 2.56 bits per heavy atom. The normalized spacial score (nSPS) is 18.3. The molecule has 1 atom stereocenters. The number of nitrogens with one attached hydrogen (secondary N) is 1. The fraction of sp³-hybridized carbons (Fsp3) is 0.278. The maximum Gasteiger partial charge on any atom is 0.243 e. The van der Waals surface area contributed by atoms with Crippen molar-refractivity contribution in [1.29, 1.82) is 0 Å². The molecule has 1 heterocycles. The van der Waals surface area contributed by atoms with Crippen molar-refractivity contribution in [2.24, 2.45) is 0 Å². The summed E-state index contributed by atoms with van der Waals surface area (Å²) in [6.07, 6.45) is 1.82. The molecule has 1 fully saturated rings. The lowest BCUT2D eigenvalue weighted by Crippen LogP contribution is -2.49. The van der Waals surface area contributed by atoms with E-state index in [1.807, 2.05) is 0 Å². The van der Waals surface area contributed by atoms with Crippen LogP contribution in [0.25, 0.3) is 0 Å². The van der Waals surface area contributed by atoms with Gasteiger partial charge in [-0.3, -0.25) is 4.79 Å². The van der Waals surface area contributed by atoms with Gasteiger partial charge in [0.05, 0.1) is 15.6 Å². The Morgan fingerprint density at radius 2 is 1.89 bits per heavy atom. The van der Waals surface area contributed by atoms with Crippen LogP contribution in [-0.4, -0.2) is 31.2 Å². The molecule has 2 aromatic rings. The SMILES string of the molecule is O=C(Nc1ccc(F)cc1Cl)[C@@H]1CCCCN1S(=O)(=O)c1ccc(Br)cc1. The van der Waals surface area contributed by atoms with Crippen LogP contribution in [0, 0.1) is 5.82 Å². The van der Waals surface area contributed by atoms with Gasteiger partial charge in [-0.1, -0.05) is 34.0 Å². The Kier molecular flexibility index (Phi) is 6.20. The molecule has 27 heavy (non-hydrogen) atoms. The molecule has 1 aliphatic heterocycles. The fourth-order valence-electron chi connectivity index (χ4n) is 3.00. The summed E-state index contributed by atoms with van der Waals surface area (Å²) in [6.45, 7) is 0.258. The van der Waals surface area contributed by atoms with Crippen LogP contribution in [0.3, 0.4) is 0 Å². The molecule has 2 aromatic carbocycles. The first-order valence-corrected chi connectivity index (χ1v) is 10.9. The number of rotatable bonds is 4. The maximum absolute atomic E-state index is 13.2. The highest BCUT2D eigenvalue weighted by Crippen LogP contribution is 2.28. The van der Waals surface area contributed by atoms with Gasteiger partial charge in [0.2, 0.25) is 15.9 Å². The smallest absolute Gasteiger partial charge is 0.243 e. The van der Waals surface area contributed by atoms with Crippen LogP contribution in [0.5, 0.6) is 0 Å². The van der Waals surface area contributed by atoms with E-state index in [4.69, 9.17) is 11.6 Å². The average Bonchev–Trinajstić information content (AvgIpc) is 2.64. The summed E-state index contributed by atoms with van der Waals surface area (Å²) >= 11 is 9.24. The van der Waals surface area contributed by atoms with Crippen LogP contribution < -0.4 is 5.32 Å². The third kappa shape index (κ3) is 4.51. The van der Waals surface area contributed by atoms with Gasteiger partial charge in [-0.15, -0.1) is 0 Å². The monoisotopic (exact) mass is 474 g/mol. The molecule has 1 N–H and O–H groups in total. The minimum Gasteiger partial charge on any atom is -0.323 e. The zero-order valence-corrected chi connectivity index (χ0v) is 17.3. The molecule has 0 radical (unpaired) electrons. The number of piperidine rings is 1. The van der Waals surface area contributed by atoms with Crippen molar-refractivity contribution in [3.8, 4) is 0 Å². The quantitative estimate of drug-likeness (QED) is 0.712. The molecule has 144 valence electrons. The second kappa shape index (κ2) is 8.26. The van der Waals surface area contributed by atoms with Crippen LogP contribution in [0.2, 0.25) is 5.02 Å². The second-order valence-corrected chi connectivity index (χ2v) is 9.41. The second-order valence-electron chi connectivity index (χ2n) is 6.19. The molecule has 0 unspecified atom stereocenters. The summed E-state index contributed by atoms with van der Waals surface area (Å²) in [6, 6.07) is 9.06. The van der Waals surface area contributed by atoms with E-state index in [1.165, 1.54) is 28.6 Å². The van der Waals surface area contributed by atoms with E-state index < -0.39 is 27.8 Å². The molecular formula is C18H17BrClFN2O3S. The van der Waals surface area contributed by atoms with Crippen molar-refractivity contribution in [2.75, 3.05) is 11.9 Å². The van der Waals surface area contributed by atoms with E-state index >= 15 is 0 Å². The van der Waals surface area contributed by atoms with Gasteiger partial charge in [-0.25, -0.2) is 12.8 Å². The number of carbonyl (C=O) groups is 1. The van der Waals surface area contributed by atoms with Crippen LogP contribution >= 0.6 is 27.5 Å². The summed E-state index contributed by atoms with van der Waals surface area (Å²) in [7, 11) is -3.82. The molecule has 1 aliphatic rings. The number of halogens is 3. The first-order chi connectivity index (χ1) is 12.8. The molecule has 3 rings (SSSR count). The Morgan fingerprint density at radius 1 is 1.19 bits per heavy atom. The van der Waals surface area contributed by atoms with Crippen LogP contribution in [-0.2, 0) is 14.8 Å². The minimum absolute atomic E-state index is 0.0569. The van der Waals surface area contributed by atoms with E-state index in [1.54, 1.807) is 12.1 Å². The van der Waals surface area contributed by atoms with Crippen molar-refractivity contribution in [3.63, 3.8) is 0 Å². The lowest BCUT2D eigenvalue weighted by Gasteiger charge is -2.33. The topological polar surface area (TPSA) is 66.5 Å². The zero-order valence-electron chi connectivity index (χ0n) is 14.2. The van der Waals surface area contributed by atoms with E-state index in [2.05, 4.69) is 21.2 Å². The molecule has 1 amide bonds. The molecule has 0 saturated carbocycles. The molecule has 5 nitrogen and oxygen atoms in total. The third-order valence-corrected chi connectivity index (χ3v) is 7.13. The summed E-state index contributed by atoms with van der Waals surface area (Å²) in [5, 5.41) is 2.68. The fourth-order valence-corrected chi connectivity index (χ4v) is 5.14. The predicted molar refractivity (Wildman–Crippen MR) is 106 cm³/mol. The van der Waals surface area contributed by atoms with Crippen molar-refractivity contribution in [3.05, 3.63) is 57.8 Å². The van der Waals surface area contributed by atoms with E-state index in [0.29, 0.717) is 12.8 Å². The minimum atomic E-state index is -3.82. The third-order valence-electron chi connectivity index (χ3n) is 4.37. The van der Waals surface area contributed by atoms with E-state index in [-0.39, 0.29) is 22.2 Å². The summed E-state index contributed by atoms with van der Waals surface area (Å²) in [5.41, 5.74) is 0.245. The van der Waals surface area contributed by atoms with Crippen molar-refractivity contribution in [1.82, 2.24) is 4.31 Å². The molecular weight excluding hydrogens is 459 g/mol. The van der Waals surface area contributed by atoms with Gasteiger partial charge in [0.15, 0.2) is 0 Å². The van der Waals surface area contributed by atoms with E-state index in [9.17, 15) is 17.6 Å². The highest BCUT2D eigenvalue weighted by atomic mass is 79.9. The largest absolute Gasteiger partial charge is 0.323 e. The molecule has 1 saturated heterocycles. The average molecular weight is 476 g/mol. The highest BCUT2D eigenvalue weighted by Gasteiger charge is 2.37. The van der Waals surface area contributed by atoms with Crippen molar-refractivity contribution >= 4 is 49.1 Å². The van der Waals surface area contributed by atoms with Gasteiger partial charge in [0, 0.05) is 11.0 Å². The number of benzene rings is 2. The van der Waals surface area contributed by atoms with Gasteiger partial charge in [-0.2, -0.15) is 4.31 Å². The van der Waals surface area contributed by atoms with Crippen LogP contribution in [0.15, 0.2) is 51.8 Å². The van der Waals surface area contributed by atoms with Crippen molar-refractivity contribution in [2.45, 2.75) is 30.2 Å². The Hall–Kier alpha value is -1.48. The number of hydrogen-bond donors (Lipinski definition) is 1. The number of carbonyl (C=O) groups excluding carboxylic acids is 1. The first-order valence-electron chi connectivity index (χ1n) is 8.32. The van der Waals surface area contributed by atoms with Crippen molar-refractivity contribution < 1.29 is 17.6 Å². The van der Waals surface area contributed by atoms with Gasteiger partial charge < -0.3 is 5.32 Å². The molecule has 0 aliphatic carbocycles. The summed E-state index contributed by atoms with van der Waals surface area (Å²) in [5.74, 6) is -1.00. The van der Waals surface area contributed by atoms with Gasteiger partial charge in [0.1, 0.15) is 11.9 Å². The molecule has 0 bridgehead atoms. The summed E-state index contributed by atoms with van der Waals surface area (Å²) in [4.78, 5) is 12.9. The zero-order chi connectivity index (χ0) is 19.6. The van der Waals surface area contributed by atoms with Gasteiger partial charge in [-0.05, 0) is 55.3 Å². The predicted octanol–water partition coefficient (Wildman–Crippen LogP) is 4.42. The lowest BCUT2D eigenvalue weighted by molar-refractivity contribution is -0.120. The maximum atomic E-state index is 13.2. The Bertz CT molecular complexity index is 954. The first kappa shape index (κ1) is 20.3. The van der Waals surface area contributed by atoms with Gasteiger partial charge >= 0.3 is 0 Å². The number of amides is 1. The van der Waals surface area contributed by atoms with Crippen LogP contribution in [0.1, 0.15) is 19.3 Å². The number of anilines is 1. The highest BCUT2D eigenvalue weighted by molar-refractivity contribution is 9.10.